The second kappa shape index (κ2) is 5.85. The van der Waals surface area contributed by atoms with E-state index in [9.17, 15) is 4.79 Å². The van der Waals surface area contributed by atoms with E-state index < -0.39 is 0 Å². The molecule has 1 saturated carbocycles. The van der Waals surface area contributed by atoms with E-state index in [-0.39, 0.29) is 12.1 Å². The molecule has 2 N–H and O–H groups in total. The van der Waals surface area contributed by atoms with Crippen LogP contribution in [0.5, 0.6) is 0 Å². The maximum Gasteiger partial charge on any atom is 0.350 e. The van der Waals surface area contributed by atoms with Gasteiger partial charge in [-0.15, -0.1) is 11.3 Å². The zero-order valence-corrected chi connectivity index (χ0v) is 13.4. The van der Waals surface area contributed by atoms with Crippen molar-refractivity contribution in [3.63, 3.8) is 0 Å². The molecule has 3 rings (SSSR count). The Morgan fingerprint density at radius 3 is 2.76 bits per heavy atom. The van der Waals surface area contributed by atoms with Gasteiger partial charge in [0.15, 0.2) is 0 Å². The number of carbonyl (C=O) groups excluding carboxylic acids is 1. The molecule has 1 aromatic heterocycles. The van der Waals surface area contributed by atoms with Crippen LogP contribution in [0.4, 0.5) is 10.7 Å². The lowest BCUT2D eigenvalue weighted by molar-refractivity contribution is 0.0533. The molecule has 2 aliphatic rings. The molecule has 2 fully saturated rings. The highest BCUT2D eigenvalue weighted by Gasteiger charge is 2.36. The van der Waals surface area contributed by atoms with Crippen molar-refractivity contribution in [1.29, 1.82) is 0 Å². The Morgan fingerprint density at radius 1 is 1.43 bits per heavy atom. The second-order valence-electron chi connectivity index (χ2n) is 5.65. The van der Waals surface area contributed by atoms with Crippen LogP contribution in [0.15, 0.2) is 0 Å². The molecule has 1 saturated heterocycles. The minimum atomic E-state index is -0.296. The van der Waals surface area contributed by atoms with E-state index in [1.54, 1.807) is 7.11 Å². The van der Waals surface area contributed by atoms with E-state index in [0.717, 1.165) is 37.4 Å². The van der Waals surface area contributed by atoms with Crippen molar-refractivity contribution in [2.45, 2.75) is 38.2 Å². The van der Waals surface area contributed by atoms with Gasteiger partial charge < -0.3 is 20.1 Å². The number of esters is 1. The molecule has 0 aromatic carbocycles. The summed E-state index contributed by atoms with van der Waals surface area (Å²) in [5.74, 6) is 0.219. The number of nitrogens with two attached hydrogens (primary N) is 1. The predicted molar refractivity (Wildman–Crippen MR) is 84.3 cm³/mol. The van der Waals surface area contributed by atoms with Gasteiger partial charge in [-0.2, -0.15) is 0 Å². The van der Waals surface area contributed by atoms with Crippen LogP contribution in [-0.4, -0.2) is 38.9 Å². The second-order valence-corrected chi connectivity index (χ2v) is 6.65. The van der Waals surface area contributed by atoms with Crippen LogP contribution in [-0.2, 0) is 9.47 Å². The predicted octanol–water partition coefficient (Wildman–Crippen LogP) is 2.61. The number of carbonyl (C=O) groups is 1. The van der Waals surface area contributed by atoms with Crippen LogP contribution >= 0.6 is 11.3 Å². The largest absolute Gasteiger partial charge is 0.462 e. The van der Waals surface area contributed by atoms with Gasteiger partial charge in [-0.3, -0.25) is 0 Å². The first-order valence-electron chi connectivity index (χ1n) is 7.52. The van der Waals surface area contributed by atoms with Gasteiger partial charge >= 0.3 is 5.97 Å². The highest BCUT2D eigenvalue weighted by molar-refractivity contribution is 7.18. The molecule has 1 atom stereocenters. The number of hydrogen-bond acceptors (Lipinski definition) is 6. The summed E-state index contributed by atoms with van der Waals surface area (Å²) < 4.78 is 10.6. The van der Waals surface area contributed by atoms with Crippen LogP contribution in [0, 0.1) is 0 Å². The van der Waals surface area contributed by atoms with E-state index in [1.165, 1.54) is 16.9 Å². The molecule has 116 valence electrons. The number of thiophene rings is 1. The third kappa shape index (κ3) is 2.74. The molecule has 1 aliphatic heterocycles. The maximum absolute atomic E-state index is 12.1. The molecule has 6 heteroatoms. The minimum absolute atomic E-state index is 0.270. The van der Waals surface area contributed by atoms with Gasteiger partial charge in [0.25, 0.3) is 0 Å². The Kier molecular flexibility index (Phi) is 4.08. The van der Waals surface area contributed by atoms with E-state index in [4.69, 9.17) is 15.2 Å². The third-order valence-electron chi connectivity index (χ3n) is 4.18. The number of ether oxygens (including phenoxy) is 2. The molecule has 0 amide bonds. The zero-order valence-electron chi connectivity index (χ0n) is 12.6. The Hall–Kier alpha value is -1.27. The van der Waals surface area contributed by atoms with Crippen LogP contribution < -0.4 is 10.6 Å². The molecule has 0 bridgehead atoms. The number of rotatable bonds is 5. The molecule has 1 aromatic rings. The zero-order chi connectivity index (χ0) is 15.0. The standard InChI is InChI=1S/C15H22N2O3S/c1-3-20-15(18)13-12(16)11(9-4-5-9)14(21-13)17-7-6-10(8-17)19-2/h9-10H,3-8,16H2,1-2H3. The highest BCUT2D eigenvalue weighted by Crippen LogP contribution is 2.52. The third-order valence-corrected chi connectivity index (χ3v) is 5.44. The lowest BCUT2D eigenvalue weighted by Gasteiger charge is -2.18. The fraction of sp³-hybridized carbons (Fsp3) is 0.667. The summed E-state index contributed by atoms with van der Waals surface area (Å²) in [5, 5.41) is 1.15. The Labute approximate surface area is 129 Å². The van der Waals surface area contributed by atoms with Gasteiger partial charge in [0.2, 0.25) is 0 Å². The summed E-state index contributed by atoms with van der Waals surface area (Å²) in [4.78, 5) is 14.9. The average molecular weight is 310 g/mol. The SMILES string of the molecule is CCOC(=O)c1sc(N2CCC(OC)C2)c(C2CC2)c1N. The van der Waals surface area contributed by atoms with Crippen molar-refractivity contribution in [2.24, 2.45) is 0 Å². The Morgan fingerprint density at radius 2 is 2.19 bits per heavy atom. The monoisotopic (exact) mass is 310 g/mol. The summed E-state index contributed by atoms with van der Waals surface area (Å²) in [6.45, 7) is 4.02. The van der Waals surface area contributed by atoms with Gasteiger partial charge in [-0.25, -0.2) is 4.79 Å². The van der Waals surface area contributed by atoms with Crippen LogP contribution in [0.1, 0.15) is 47.3 Å². The molecule has 1 aliphatic carbocycles. The normalized spacial score (nSPS) is 21.8. The first-order chi connectivity index (χ1) is 10.2. The van der Waals surface area contributed by atoms with Crippen molar-refractivity contribution in [1.82, 2.24) is 0 Å². The average Bonchev–Trinajstić information content (AvgIpc) is 3.08. The van der Waals surface area contributed by atoms with Gasteiger partial charge in [0.05, 0.1) is 23.4 Å². The molecule has 21 heavy (non-hydrogen) atoms. The van der Waals surface area contributed by atoms with Crippen molar-refractivity contribution in [3.8, 4) is 0 Å². The number of hydrogen-bond donors (Lipinski definition) is 1. The summed E-state index contributed by atoms with van der Waals surface area (Å²) in [6.07, 6.45) is 3.62. The first-order valence-corrected chi connectivity index (χ1v) is 8.34. The summed E-state index contributed by atoms with van der Waals surface area (Å²) in [7, 11) is 1.75. The van der Waals surface area contributed by atoms with E-state index in [2.05, 4.69) is 4.90 Å². The van der Waals surface area contributed by atoms with Crippen molar-refractivity contribution in [3.05, 3.63) is 10.4 Å². The van der Waals surface area contributed by atoms with Gasteiger partial charge in [-0.05, 0) is 32.1 Å². The van der Waals surface area contributed by atoms with Gasteiger partial charge in [-0.1, -0.05) is 0 Å². The molecule has 0 radical (unpaired) electrons. The van der Waals surface area contributed by atoms with Crippen molar-refractivity contribution >= 4 is 28.0 Å². The Bertz CT molecular complexity index is 539. The maximum atomic E-state index is 12.1. The van der Waals surface area contributed by atoms with E-state index in [0.29, 0.717) is 23.1 Å². The molecular formula is C15H22N2O3S. The van der Waals surface area contributed by atoms with Gasteiger partial charge in [0.1, 0.15) is 4.88 Å². The van der Waals surface area contributed by atoms with E-state index in [1.807, 2.05) is 6.92 Å². The van der Waals surface area contributed by atoms with E-state index >= 15 is 0 Å². The fourth-order valence-electron chi connectivity index (χ4n) is 2.90. The topological polar surface area (TPSA) is 64.8 Å². The quantitative estimate of drug-likeness (QED) is 0.847. The van der Waals surface area contributed by atoms with Crippen LogP contribution in [0.25, 0.3) is 0 Å². The summed E-state index contributed by atoms with van der Waals surface area (Å²) in [5.41, 5.74) is 8.07. The minimum Gasteiger partial charge on any atom is -0.462 e. The lowest BCUT2D eigenvalue weighted by atomic mass is 10.1. The summed E-state index contributed by atoms with van der Waals surface area (Å²) in [6, 6.07) is 0. The smallest absolute Gasteiger partial charge is 0.350 e. The number of nitrogens with zero attached hydrogens (tertiary/aromatic N) is 1. The van der Waals surface area contributed by atoms with Crippen molar-refractivity contribution < 1.29 is 14.3 Å². The molecule has 5 nitrogen and oxygen atoms in total. The first kappa shape index (κ1) is 14.7. The fourth-order valence-corrected chi connectivity index (χ4v) is 4.14. The number of anilines is 2. The molecular weight excluding hydrogens is 288 g/mol. The molecule has 0 spiro atoms. The lowest BCUT2D eigenvalue weighted by Crippen LogP contribution is -2.22. The number of methoxy groups -OCH3 is 1. The van der Waals surface area contributed by atoms with Crippen LogP contribution in [0.2, 0.25) is 0 Å². The van der Waals surface area contributed by atoms with Crippen molar-refractivity contribution in [2.75, 3.05) is 37.4 Å². The van der Waals surface area contributed by atoms with Crippen LogP contribution in [0.3, 0.4) is 0 Å². The van der Waals surface area contributed by atoms with Gasteiger partial charge in [0, 0.05) is 25.8 Å². The number of nitrogen functional groups attached to an aromatic ring is 1. The highest BCUT2D eigenvalue weighted by atomic mass is 32.1. The Balaban J connectivity index is 1.92. The molecule has 1 unspecified atom stereocenters. The summed E-state index contributed by atoms with van der Waals surface area (Å²) >= 11 is 1.48. The molecule has 2 heterocycles.